The SMILES string of the molecule is COP(=O)(CC(F)(CC(F)C(F)(F)F)C(F)(F)F)OC.COP(=O)(CC(F)C(F)(F)F)OC. The van der Waals surface area contributed by atoms with Gasteiger partial charge in [-0.15, -0.1) is 0 Å². The minimum atomic E-state index is -5.88. The highest BCUT2D eigenvalue weighted by Crippen LogP contribution is 2.55. The number of rotatable bonds is 10. The standard InChI is InChI=1S/C8H11F8O3P.C5H9F4O3P/c1-18-20(17,19-2)4-6(10,8(14,15)16)3-5(9)7(11,12)13;1-11-13(10,12-2)3-4(6)5(7,8)9/h5H,3-4H2,1-2H3;4H,3H2,1-2H3. The smallest absolute Gasteiger partial charge is 0.312 e. The molecule has 33 heavy (non-hydrogen) atoms. The predicted molar refractivity (Wildman–Crippen MR) is 89.4 cm³/mol. The fraction of sp³-hybridized carbons (Fsp3) is 1.00. The first-order chi connectivity index (χ1) is 14.5. The van der Waals surface area contributed by atoms with E-state index in [2.05, 4.69) is 18.1 Å². The normalized spacial score (nSPS) is 17.6. The number of hydrogen-bond acceptors (Lipinski definition) is 6. The van der Waals surface area contributed by atoms with Gasteiger partial charge in [-0.05, 0) is 0 Å². The molecule has 0 fully saturated rings. The molecule has 3 unspecified atom stereocenters. The Hall–Kier alpha value is -0.540. The minimum Gasteiger partial charge on any atom is -0.312 e. The molecule has 0 radical (unpaired) electrons. The second-order valence-electron chi connectivity index (χ2n) is 5.98. The quantitative estimate of drug-likeness (QED) is 0.227. The van der Waals surface area contributed by atoms with Crippen LogP contribution < -0.4 is 0 Å². The molecular formula is C13H20F12O6P2. The first kappa shape index (κ1) is 34.6. The van der Waals surface area contributed by atoms with Crippen molar-refractivity contribution in [1.29, 1.82) is 0 Å². The predicted octanol–water partition coefficient (Wildman–Crippen LogP) is 6.41. The summed E-state index contributed by atoms with van der Waals surface area (Å²) in [6, 6.07) is 0. The van der Waals surface area contributed by atoms with Crippen molar-refractivity contribution in [2.75, 3.05) is 40.8 Å². The van der Waals surface area contributed by atoms with Gasteiger partial charge in [0.05, 0.1) is 12.3 Å². The molecule has 0 aliphatic heterocycles. The molecule has 0 aliphatic rings. The van der Waals surface area contributed by atoms with Crippen molar-refractivity contribution in [3.05, 3.63) is 0 Å². The average Bonchev–Trinajstić information content (AvgIpc) is 2.65. The van der Waals surface area contributed by atoms with Crippen LogP contribution in [0.1, 0.15) is 6.42 Å². The van der Waals surface area contributed by atoms with Crippen molar-refractivity contribution in [1.82, 2.24) is 0 Å². The lowest BCUT2D eigenvalue weighted by molar-refractivity contribution is -0.248. The summed E-state index contributed by atoms with van der Waals surface area (Å²) >= 11 is 0. The Morgan fingerprint density at radius 3 is 1.21 bits per heavy atom. The number of hydrogen-bond donors (Lipinski definition) is 0. The lowest BCUT2D eigenvalue weighted by atomic mass is 10.00. The molecule has 0 spiro atoms. The van der Waals surface area contributed by atoms with Gasteiger partial charge in [0, 0.05) is 34.9 Å². The van der Waals surface area contributed by atoms with E-state index in [0.717, 1.165) is 14.2 Å². The lowest BCUT2D eigenvalue weighted by Crippen LogP contribution is -2.48. The molecule has 0 aromatic rings. The van der Waals surface area contributed by atoms with Crippen molar-refractivity contribution < 1.29 is 79.9 Å². The molecule has 6 nitrogen and oxygen atoms in total. The summed E-state index contributed by atoms with van der Waals surface area (Å²) in [5, 5.41) is 0. The first-order valence-electron chi connectivity index (χ1n) is 8.04. The van der Waals surface area contributed by atoms with Crippen molar-refractivity contribution in [3.63, 3.8) is 0 Å². The minimum absolute atomic E-state index is 0.623. The zero-order valence-electron chi connectivity index (χ0n) is 17.2. The third kappa shape index (κ3) is 11.6. The lowest BCUT2D eigenvalue weighted by Gasteiger charge is -2.31. The van der Waals surface area contributed by atoms with E-state index < -0.39 is 70.5 Å². The van der Waals surface area contributed by atoms with Crippen molar-refractivity contribution >= 4 is 15.2 Å². The highest BCUT2D eigenvalue weighted by molar-refractivity contribution is 7.54. The van der Waals surface area contributed by atoms with E-state index in [-0.39, 0.29) is 0 Å². The molecule has 202 valence electrons. The third-order valence-corrected chi connectivity index (χ3v) is 7.54. The molecule has 3 atom stereocenters. The molecule has 0 amide bonds. The molecule has 0 saturated carbocycles. The first-order valence-corrected chi connectivity index (χ1v) is 11.5. The number of halogens is 12. The second kappa shape index (κ2) is 12.4. The van der Waals surface area contributed by atoms with Crippen LogP contribution >= 0.6 is 15.2 Å². The Kier molecular flexibility index (Phi) is 13.0. The molecule has 0 aromatic carbocycles. The van der Waals surface area contributed by atoms with E-state index in [4.69, 9.17) is 0 Å². The molecule has 0 heterocycles. The van der Waals surface area contributed by atoms with Crippen LogP contribution in [-0.2, 0) is 27.2 Å². The van der Waals surface area contributed by atoms with Crippen molar-refractivity contribution in [3.8, 4) is 0 Å². The highest BCUT2D eigenvalue weighted by atomic mass is 31.2. The van der Waals surface area contributed by atoms with E-state index in [1.165, 1.54) is 0 Å². The summed E-state index contributed by atoms with van der Waals surface area (Å²) in [6.45, 7) is 0. The Morgan fingerprint density at radius 1 is 0.636 bits per heavy atom. The van der Waals surface area contributed by atoms with E-state index in [1.54, 1.807) is 0 Å². The van der Waals surface area contributed by atoms with Gasteiger partial charge in [-0.1, -0.05) is 0 Å². The van der Waals surface area contributed by atoms with Crippen LogP contribution in [0.15, 0.2) is 0 Å². The van der Waals surface area contributed by atoms with Crippen LogP contribution in [0.25, 0.3) is 0 Å². The zero-order chi connectivity index (χ0) is 27.1. The summed E-state index contributed by atoms with van der Waals surface area (Å²) in [5.41, 5.74) is -4.70. The van der Waals surface area contributed by atoms with Crippen LogP contribution in [0.2, 0.25) is 0 Å². The fourth-order valence-electron chi connectivity index (χ4n) is 1.70. The van der Waals surface area contributed by atoms with Gasteiger partial charge in [0.1, 0.15) is 0 Å². The monoisotopic (exact) mass is 562 g/mol. The third-order valence-electron chi connectivity index (χ3n) is 3.66. The van der Waals surface area contributed by atoms with Gasteiger partial charge in [-0.3, -0.25) is 9.13 Å². The largest absolute Gasteiger partial charge is 0.423 e. The van der Waals surface area contributed by atoms with Crippen molar-refractivity contribution in [2.24, 2.45) is 0 Å². The van der Waals surface area contributed by atoms with Crippen LogP contribution in [0, 0.1) is 0 Å². The van der Waals surface area contributed by atoms with E-state index in [9.17, 15) is 61.8 Å². The Morgan fingerprint density at radius 2 is 0.970 bits per heavy atom. The molecule has 0 aromatic heterocycles. The van der Waals surface area contributed by atoms with E-state index in [1.807, 2.05) is 0 Å². The van der Waals surface area contributed by atoms with Gasteiger partial charge in [-0.2, -0.15) is 39.5 Å². The summed E-state index contributed by atoms with van der Waals surface area (Å²) in [6.07, 6.45) is -29.8. The molecular weight excluding hydrogens is 542 g/mol. The van der Waals surface area contributed by atoms with Gasteiger partial charge in [0.15, 0.2) is 6.17 Å². The molecule has 0 saturated heterocycles. The van der Waals surface area contributed by atoms with E-state index in [0.29, 0.717) is 14.2 Å². The zero-order valence-corrected chi connectivity index (χ0v) is 18.9. The maximum atomic E-state index is 13.8. The Balaban J connectivity index is 0. The van der Waals surface area contributed by atoms with Gasteiger partial charge < -0.3 is 18.1 Å². The summed E-state index contributed by atoms with van der Waals surface area (Å²) in [5.74, 6) is 0. The Bertz CT molecular complexity index is 666. The van der Waals surface area contributed by atoms with Gasteiger partial charge >= 0.3 is 33.7 Å². The van der Waals surface area contributed by atoms with E-state index >= 15 is 0 Å². The number of alkyl halides is 12. The van der Waals surface area contributed by atoms with Crippen LogP contribution in [-0.4, -0.2) is 77.3 Å². The van der Waals surface area contributed by atoms with Crippen LogP contribution in [0.5, 0.6) is 0 Å². The average molecular weight is 562 g/mol. The molecule has 0 N–H and O–H groups in total. The van der Waals surface area contributed by atoms with Crippen LogP contribution in [0.3, 0.4) is 0 Å². The highest BCUT2D eigenvalue weighted by Gasteiger charge is 2.62. The Labute approximate surface area is 179 Å². The second-order valence-corrected chi connectivity index (χ2v) is 10.6. The summed E-state index contributed by atoms with van der Waals surface area (Å²) in [4.78, 5) is 0. The summed E-state index contributed by atoms with van der Waals surface area (Å²) in [7, 11) is -5.53. The van der Waals surface area contributed by atoms with Gasteiger partial charge in [-0.25, -0.2) is 13.2 Å². The molecule has 0 rings (SSSR count). The van der Waals surface area contributed by atoms with Crippen LogP contribution in [0.4, 0.5) is 52.7 Å². The molecule has 0 bridgehead atoms. The molecule has 0 aliphatic carbocycles. The maximum absolute atomic E-state index is 13.8. The topological polar surface area (TPSA) is 71.1 Å². The fourth-order valence-corrected chi connectivity index (χ4v) is 4.08. The molecule has 20 heteroatoms. The van der Waals surface area contributed by atoms with Gasteiger partial charge in [0.25, 0.3) is 0 Å². The van der Waals surface area contributed by atoms with Gasteiger partial charge in [0.2, 0.25) is 11.8 Å². The summed E-state index contributed by atoms with van der Waals surface area (Å²) < 4.78 is 186. The maximum Gasteiger partial charge on any atom is 0.423 e. The van der Waals surface area contributed by atoms with Crippen molar-refractivity contribution in [2.45, 2.75) is 43.0 Å².